The highest BCUT2D eigenvalue weighted by atomic mass is 32.2. The molecule has 0 N–H and O–H groups in total. The Morgan fingerprint density at radius 1 is 1.64 bits per heavy atom. The average Bonchev–Trinajstić information content (AvgIpc) is 2.01. The fourth-order valence-corrected chi connectivity index (χ4v) is 1.20. The van der Waals surface area contributed by atoms with Crippen molar-refractivity contribution in [1.82, 2.24) is 4.31 Å². The van der Waals surface area contributed by atoms with Crippen molar-refractivity contribution in [2.75, 3.05) is 12.8 Å². The molecule has 0 rings (SSSR count). The van der Waals surface area contributed by atoms with Crippen LogP contribution in [0, 0.1) is 0 Å². The summed E-state index contributed by atoms with van der Waals surface area (Å²) in [6, 6.07) is 0. The average molecular weight is 177 g/mol. The SMILES string of the molecule is C=CC(=O)N(C)S(=O)(=O)CC. The number of rotatable bonds is 3. The summed E-state index contributed by atoms with van der Waals surface area (Å²) in [5.74, 6) is -0.685. The Bertz CT molecular complexity index is 255. The van der Waals surface area contributed by atoms with Gasteiger partial charge in [0.2, 0.25) is 10.0 Å². The molecule has 64 valence electrons. The van der Waals surface area contributed by atoms with Crippen molar-refractivity contribution in [2.24, 2.45) is 0 Å². The van der Waals surface area contributed by atoms with Gasteiger partial charge >= 0.3 is 0 Å². The van der Waals surface area contributed by atoms with Crippen LogP contribution in [-0.4, -0.2) is 31.4 Å². The minimum absolute atomic E-state index is 0.0803. The van der Waals surface area contributed by atoms with Crippen molar-refractivity contribution < 1.29 is 13.2 Å². The van der Waals surface area contributed by atoms with Crippen LogP contribution < -0.4 is 0 Å². The maximum atomic E-state index is 11.0. The Morgan fingerprint density at radius 3 is 2.36 bits per heavy atom. The van der Waals surface area contributed by atoms with Gasteiger partial charge in [-0.1, -0.05) is 6.58 Å². The van der Waals surface area contributed by atoms with Gasteiger partial charge in [0.15, 0.2) is 0 Å². The van der Waals surface area contributed by atoms with E-state index in [0.717, 1.165) is 6.08 Å². The highest BCUT2D eigenvalue weighted by molar-refractivity contribution is 7.89. The van der Waals surface area contributed by atoms with E-state index in [2.05, 4.69) is 6.58 Å². The maximum Gasteiger partial charge on any atom is 0.259 e. The second-order valence-corrected chi connectivity index (χ2v) is 4.20. The molecule has 0 aliphatic heterocycles. The number of carbonyl (C=O) groups is 1. The van der Waals surface area contributed by atoms with Crippen LogP contribution in [0.2, 0.25) is 0 Å². The fourth-order valence-electron chi connectivity index (χ4n) is 0.459. The van der Waals surface area contributed by atoms with E-state index < -0.39 is 15.9 Å². The Kier molecular flexibility index (Phi) is 3.25. The number of nitrogens with zero attached hydrogens (tertiary/aromatic N) is 1. The second-order valence-electron chi connectivity index (χ2n) is 1.91. The van der Waals surface area contributed by atoms with Gasteiger partial charge in [0.1, 0.15) is 0 Å². The van der Waals surface area contributed by atoms with E-state index in [1.807, 2.05) is 0 Å². The molecule has 0 aliphatic rings. The number of amides is 1. The van der Waals surface area contributed by atoms with E-state index in [4.69, 9.17) is 0 Å². The largest absolute Gasteiger partial charge is 0.269 e. The van der Waals surface area contributed by atoms with Crippen molar-refractivity contribution in [3.05, 3.63) is 12.7 Å². The molecule has 0 radical (unpaired) electrons. The van der Waals surface area contributed by atoms with Gasteiger partial charge in [0, 0.05) is 7.05 Å². The first kappa shape index (κ1) is 10.2. The van der Waals surface area contributed by atoms with Crippen LogP contribution in [0.3, 0.4) is 0 Å². The zero-order valence-corrected chi connectivity index (χ0v) is 7.39. The lowest BCUT2D eigenvalue weighted by Gasteiger charge is -2.13. The number of sulfonamides is 1. The molecule has 0 saturated carbocycles. The Morgan fingerprint density at radius 2 is 2.09 bits per heavy atom. The summed E-state index contributed by atoms with van der Waals surface area (Å²) >= 11 is 0. The normalized spacial score (nSPS) is 10.7. The van der Waals surface area contributed by atoms with Gasteiger partial charge in [-0.25, -0.2) is 12.7 Å². The minimum Gasteiger partial charge on any atom is -0.269 e. The van der Waals surface area contributed by atoms with Gasteiger partial charge < -0.3 is 0 Å². The lowest BCUT2D eigenvalue weighted by atomic mass is 10.6. The molecule has 0 bridgehead atoms. The summed E-state index contributed by atoms with van der Waals surface area (Å²) in [6.07, 6.45) is 0.965. The monoisotopic (exact) mass is 177 g/mol. The molecule has 0 heterocycles. The second kappa shape index (κ2) is 3.52. The summed E-state index contributed by atoms with van der Waals surface area (Å²) in [6.45, 7) is 4.65. The van der Waals surface area contributed by atoms with E-state index in [9.17, 15) is 13.2 Å². The summed E-state index contributed by atoms with van der Waals surface area (Å²) < 4.78 is 22.6. The van der Waals surface area contributed by atoms with Gasteiger partial charge in [0.25, 0.3) is 5.91 Å². The number of carbonyl (C=O) groups excluding carboxylic acids is 1. The summed E-state index contributed by atoms with van der Waals surface area (Å²) in [5.41, 5.74) is 0. The van der Waals surface area contributed by atoms with Crippen LogP contribution >= 0.6 is 0 Å². The predicted octanol–water partition coefficient (Wildman–Crippen LogP) is -0.0195. The van der Waals surface area contributed by atoms with Crippen molar-refractivity contribution >= 4 is 15.9 Å². The van der Waals surface area contributed by atoms with E-state index >= 15 is 0 Å². The van der Waals surface area contributed by atoms with Crippen LogP contribution in [0.1, 0.15) is 6.92 Å². The fraction of sp³-hybridized carbons (Fsp3) is 0.500. The Hall–Kier alpha value is -0.840. The highest BCUT2D eigenvalue weighted by Crippen LogP contribution is 1.97. The molecule has 1 amide bonds. The molecule has 0 atom stereocenters. The molecule has 0 aromatic heterocycles. The molecular formula is C6H11NO3S. The topological polar surface area (TPSA) is 54.5 Å². The van der Waals surface area contributed by atoms with E-state index in [-0.39, 0.29) is 5.75 Å². The van der Waals surface area contributed by atoms with Crippen LogP contribution in [-0.2, 0) is 14.8 Å². The van der Waals surface area contributed by atoms with Crippen molar-refractivity contribution in [3.8, 4) is 0 Å². The molecular weight excluding hydrogens is 166 g/mol. The van der Waals surface area contributed by atoms with Gasteiger partial charge in [-0.15, -0.1) is 0 Å². The first-order valence-electron chi connectivity index (χ1n) is 3.08. The summed E-state index contributed by atoms with van der Waals surface area (Å²) in [5, 5.41) is 0. The summed E-state index contributed by atoms with van der Waals surface area (Å²) in [7, 11) is -2.19. The zero-order valence-electron chi connectivity index (χ0n) is 6.57. The molecule has 11 heavy (non-hydrogen) atoms. The standard InChI is InChI=1S/C6H11NO3S/c1-4-6(8)7(3)11(9,10)5-2/h4H,1,5H2,2-3H3. The van der Waals surface area contributed by atoms with Crippen LogP contribution in [0.15, 0.2) is 12.7 Å². The van der Waals surface area contributed by atoms with Gasteiger partial charge in [-0.3, -0.25) is 4.79 Å². The molecule has 5 heteroatoms. The van der Waals surface area contributed by atoms with Gasteiger partial charge in [-0.05, 0) is 13.0 Å². The number of likely N-dealkylation sites (N-methyl/N-ethyl adjacent to an activating group) is 1. The smallest absolute Gasteiger partial charge is 0.259 e. The van der Waals surface area contributed by atoms with Crippen LogP contribution in [0.4, 0.5) is 0 Å². The van der Waals surface area contributed by atoms with E-state index in [1.54, 1.807) is 0 Å². The molecule has 0 fully saturated rings. The predicted molar refractivity (Wildman–Crippen MR) is 42.4 cm³/mol. The van der Waals surface area contributed by atoms with Crippen molar-refractivity contribution in [2.45, 2.75) is 6.92 Å². The minimum atomic E-state index is -3.40. The van der Waals surface area contributed by atoms with E-state index in [0.29, 0.717) is 4.31 Å². The zero-order chi connectivity index (χ0) is 9.07. The molecule has 4 nitrogen and oxygen atoms in total. The third-order valence-corrected chi connectivity index (χ3v) is 3.01. The van der Waals surface area contributed by atoms with Gasteiger partial charge in [-0.2, -0.15) is 0 Å². The molecule has 0 unspecified atom stereocenters. The third kappa shape index (κ3) is 2.34. The van der Waals surface area contributed by atoms with Gasteiger partial charge in [0.05, 0.1) is 5.75 Å². The first-order chi connectivity index (χ1) is 4.95. The Balaban J connectivity index is 4.62. The number of hydrogen-bond acceptors (Lipinski definition) is 3. The lowest BCUT2D eigenvalue weighted by Crippen LogP contribution is -2.32. The van der Waals surface area contributed by atoms with Crippen molar-refractivity contribution in [3.63, 3.8) is 0 Å². The van der Waals surface area contributed by atoms with E-state index in [1.165, 1.54) is 14.0 Å². The maximum absolute atomic E-state index is 11.0. The molecule has 0 saturated heterocycles. The molecule has 0 aromatic carbocycles. The Labute approximate surface area is 66.6 Å². The molecule has 0 aliphatic carbocycles. The number of hydrogen-bond donors (Lipinski definition) is 0. The van der Waals surface area contributed by atoms with Crippen LogP contribution in [0.25, 0.3) is 0 Å². The van der Waals surface area contributed by atoms with Crippen LogP contribution in [0.5, 0.6) is 0 Å². The lowest BCUT2D eigenvalue weighted by molar-refractivity contribution is -0.120. The first-order valence-corrected chi connectivity index (χ1v) is 4.69. The van der Waals surface area contributed by atoms with Crippen molar-refractivity contribution in [1.29, 1.82) is 0 Å². The highest BCUT2D eigenvalue weighted by Gasteiger charge is 2.17. The summed E-state index contributed by atoms with van der Waals surface area (Å²) in [4.78, 5) is 10.7. The molecule has 0 aromatic rings. The quantitative estimate of drug-likeness (QED) is 0.569. The third-order valence-electron chi connectivity index (χ3n) is 1.27. The molecule has 0 spiro atoms.